The minimum absolute atomic E-state index is 0.116. The summed E-state index contributed by atoms with van der Waals surface area (Å²) in [6.45, 7) is 7.73. The first-order valence-corrected chi connectivity index (χ1v) is 14.2. The number of esters is 1. The molecule has 39 heavy (non-hydrogen) atoms. The molecule has 0 radical (unpaired) electrons. The van der Waals surface area contributed by atoms with Gasteiger partial charge >= 0.3 is 12.1 Å². The Morgan fingerprint density at radius 2 is 1.59 bits per heavy atom. The van der Waals surface area contributed by atoms with Gasteiger partial charge in [-0.15, -0.1) is 0 Å². The fraction of sp³-hybridized carbons (Fsp3) is 0.645. The summed E-state index contributed by atoms with van der Waals surface area (Å²) in [5, 5.41) is 0. The van der Waals surface area contributed by atoms with Crippen LogP contribution in [0.25, 0.3) is 0 Å². The molecule has 3 atom stereocenters. The van der Waals surface area contributed by atoms with Crippen LogP contribution < -0.4 is 4.74 Å². The molecule has 0 spiro atoms. The third-order valence-electron chi connectivity index (χ3n) is 9.63. The number of hydrogen-bond acceptors (Lipinski definition) is 7. The highest BCUT2D eigenvalue weighted by molar-refractivity contribution is 6.03. The normalized spacial score (nSPS) is 35.2. The van der Waals surface area contributed by atoms with Gasteiger partial charge in [0.1, 0.15) is 35.7 Å². The second kappa shape index (κ2) is 9.27. The van der Waals surface area contributed by atoms with Crippen LogP contribution in [0.1, 0.15) is 77.9 Å². The number of hydrogen-bond donors (Lipinski definition) is 0. The van der Waals surface area contributed by atoms with E-state index in [0.717, 1.165) is 19.3 Å². The number of ether oxygens (including phenoxy) is 4. The van der Waals surface area contributed by atoms with E-state index in [0.29, 0.717) is 34.8 Å². The van der Waals surface area contributed by atoms with Crippen molar-refractivity contribution in [2.75, 3.05) is 13.7 Å². The zero-order valence-electron chi connectivity index (χ0n) is 23.5. The van der Waals surface area contributed by atoms with Crippen LogP contribution in [0.15, 0.2) is 35.6 Å². The van der Waals surface area contributed by atoms with Crippen LogP contribution in [-0.2, 0) is 23.8 Å². The molecule has 210 valence electrons. The van der Waals surface area contributed by atoms with Crippen LogP contribution in [0.3, 0.4) is 0 Å². The summed E-state index contributed by atoms with van der Waals surface area (Å²) in [5.41, 5.74) is 0.0518. The molecule has 1 aromatic rings. The number of carbonyl (C=O) groups is 3. The summed E-state index contributed by atoms with van der Waals surface area (Å²) < 4.78 is 23.3. The van der Waals surface area contributed by atoms with Crippen molar-refractivity contribution in [2.45, 2.75) is 84.0 Å². The largest absolute Gasteiger partial charge is 0.497 e. The summed E-state index contributed by atoms with van der Waals surface area (Å²) >= 11 is 0. The van der Waals surface area contributed by atoms with Gasteiger partial charge in [0, 0.05) is 0 Å². The molecule has 2 amide bonds. The summed E-state index contributed by atoms with van der Waals surface area (Å²) in [5.74, 6) is 0.832. The number of imide groups is 1. The summed E-state index contributed by atoms with van der Waals surface area (Å²) in [7, 11) is 1.59. The van der Waals surface area contributed by atoms with Gasteiger partial charge in [0.15, 0.2) is 0 Å². The van der Waals surface area contributed by atoms with Crippen LogP contribution in [0, 0.1) is 29.1 Å². The lowest BCUT2D eigenvalue weighted by atomic mass is 9.54. The average molecular weight is 538 g/mol. The molecule has 0 N–H and O–H groups in total. The number of methoxy groups -OCH3 is 1. The van der Waals surface area contributed by atoms with Crippen LogP contribution in [0.2, 0.25) is 0 Å². The Labute approximate surface area is 230 Å². The van der Waals surface area contributed by atoms with Crippen molar-refractivity contribution in [1.29, 1.82) is 0 Å². The molecule has 5 fully saturated rings. The van der Waals surface area contributed by atoms with Crippen molar-refractivity contribution < 1.29 is 33.3 Å². The zero-order chi connectivity index (χ0) is 27.7. The lowest BCUT2D eigenvalue weighted by Crippen LogP contribution is -2.53. The predicted molar refractivity (Wildman–Crippen MR) is 141 cm³/mol. The highest BCUT2D eigenvalue weighted by Crippen LogP contribution is 2.57. The predicted octanol–water partition coefficient (Wildman–Crippen LogP) is 5.56. The smallest absolute Gasteiger partial charge is 0.417 e. The summed E-state index contributed by atoms with van der Waals surface area (Å²) in [6.07, 6.45) is 4.90. The van der Waals surface area contributed by atoms with Gasteiger partial charge in [0.2, 0.25) is 5.91 Å². The number of benzene rings is 1. The van der Waals surface area contributed by atoms with E-state index in [1.807, 2.05) is 32.9 Å². The third-order valence-corrected chi connectivity index (χ3v) is 9.63. The Balaban J connectivity index is 1.35. The van der Waals surface area contributed by atoms with E-state index < -0.39 is 47.0 Å². The molecule has 7 rings (SSSR count). The molecular formula is C31H39NO7. The van der Waals surface area contributed by atoms with Gasteiger partial charge < -0.3 is 18.9 Å². The van der Waals surface area contributed by atoms with E-state index in [-0.39, 0.29) is 12.2 Å². The third kappa shape index (κ3) is 4.49. The van der Waals surface area contributed by atoms with E-state index in [4.69, 9.17) is 18.9 Å². The first kappa shape index (κ1) is 26.2. The van der Waals surface area contributed by atoms with Gasteiger partial charge in [-0.05, 0) is 86.3 Å². The fourth-order valence-electron chi connectivity index (χ4n) is 8.13. The minimum atomic E-state index is -1.03. The number of allylic oxidation sites excluding steroid dienone is 1. The van der Waals surface area contributed by atoms with Gasteiger partial charge in [-0.2, -0.15) is 0 Å². The molecule has 0 aromatic heterocycles. The molecule has 8 heteroatoms. The lowest BCUT2D eigenvalue weighted by Gasteiger charge is -2.55. The van der Waals surface area contributed by atoms with Crippen molar-refractivity contribution in [3.63, 3.8) is 0 Å². The molecule has 0 unspecified atom stereocenters. The van der Waals surface area contributed by atoms with Crippen LogP contribution in [0.5, 0.6) is 5.75 Å². The molecule has 4 aliphatic carbocycles. The Bertz CT molecular complexity index is 1180. The standard InChI is InChI=1S/C31H39NO7/c1-17-24(28(34)39-31-13-18-10-19(14-31)12-20(11-18)15-31)25(26(38-17)21-6-8-22(36-5)9-7-21)27(33)32-23(30(2,3)4)16-37-29(32)35/h6-9,18-20,23,25-26H,10-16H2,1-5H3/t18?,19?,20?,23-,25-,26+,31?/m1/s1. The van der Waals surface area contributed by atoms with Crippen LogP contribution in [0.4, 0.5) is 4.79 Å². The summed E-state index contributed by atoms with van der Waals surface area (Å²) in [4.78, 5) is 42.5. The number of rotatable bonds is 5. The van der Waals surface area contributed by atoms with E-state index >= 15 is 0 Å². The monoisotopic (exact) mass is 537 g/mol. The molecule has 4 bridgehead atoms. The second-order valence-corrected chi connectivity index (χ2v) is 13.4. The highest BCUT2D eigenvalue weighted by Gasteiger charge is 2.56. The molecule has 2 heterocycles. The quantitative estimate of drug-likeness (QED) is 0.454. The summed E-state index contributed by atoms with van der Waals surface area (Å²) in [6, 6.07) is 6.78. The van der Waals surface area contributed by atoms with Crippen molar-refractivity contribution in [3.05, 3.63) is 41.2 Å². The molecule has 1 saturated heterocycles. The van der Waals surface area contributed by atoms with Crippen molar-refractivity contribution in [2.24, 2.45) is 29.1 Å². The first-order chi connectivity index (χ1) is 18.5. The molecular weight excluding hydrogens is 498 g/mol. The van der Waals surface area contributed by atoms with E-state index in [1.54, 1.807) is 26.2 Å². The number of cyclic esters (lactones) is 1. The van der Waals surface area contributed by atoms with E-state index in [2.05, 4.69) is 0 Å². The van der Waals surface area contributed by atoms with E-state index in [1.165, 1.54) is 24.2 Å². The molecule has 4 saturated carbocycles. The maximum Gasteiger partial charge on any atom is 0.417 e. The van der Waals surface area contributed by atoms with Gasteiger partial charge in [-0.25, -0.2) is 14.5 Å². The maximum absolute atomic E-state index is 14.3. The topological polar surface area (TPSA) is 91.4 Å². The zero-order valence-corrected chi connectivity index (χ0v) is 23.5. The average Bonchev–Trinajstić information content (AvgIpc) is 3.42. The lowest BCUT2D eigenvalue weighted by molar-refractivity contribution is -0.183. The first-order valence-electron chi connectivity index (χ1n) is 14.2. The van der Waals surface area contributed by atoms with Gasteiger partial charge in [-0.1, -0.05) is 32.9 Å². The fourth-order valence-corrected chi connectivity index (χ4v) is 8.13. The molecule has 6 aliphatic rings. The van der Waals surface area contributed by atoms with Gasteiger partial charge in [0.05, 0.1) is 18.7 Å². The van der Waals surface area contributed by atoms with Crippen LogP contribution >= 0.6 is 0 Å². The SMILES string of the molecule is COc1ccc([C@@H]2OC(C)=C(C(=O)OC34CC5CC(CC(C5)C3)C4)[C@H]2C(=O)N2C(=O)OC[C@@H]2C(C)(C)C)cc1. The number of carbonyl (C=O) groups excluding carboxylic acids is 3. The Hall–Kier alpha value is -3.03. The van der Waals surface area contributed by atoms with Crippen molar-refractivity contribution >= 4 is 18.0 Å². The van der Waals surface area contributed by atoms with Crippen molar-refractivity contribution in [1.82, 2.24) is 4.90 Å². The Kier molecular flexibility index (Phi) is 6.23. The number of amides is 2. The van der Waals surface area contributed by atoms with Gasteiger partial charge in [0.25, 0.3) is 0 Å². The molecule has 1 aromatic carbocycles. The highest BCUT2D eigenvalue weighted by atomic mass is 16.6. The Morgan fingerprint density at radius 1 is 1.00 bits per heavy atom. The molecule has 8 nitrogen and oxygen atoms in total. The van der Waals surface area contributed by atoms with E-state index in [9.17, 15) is 14.4 Å². The maximum atomic E-state index is 14.3. The molecule has 2 aliphatic heterocycles. The number of nitrogens with zero attached hydrogens (tertiary/aromatic N) is 1. The second-order valence-electron chi connectivity index (χ2n) is 13.4. The van der Waals surface area contributed by atoms with Crippen molar-refractivity contribution in [3.8, 4) is 5.75 Å². The van der Waals surface area contributed by atoms with Crippen LogP contribution in [-0.4, -0.2) is 48.2 Å². The Morgan fingerprint density at radius 3 is 2.13 bits per heavy atom. The van der Waals surface area contributed by atoms with Gasteiger partial charge in [-0.3, -0.25) is 4.79 Å². The minimum Gasteiger partial charge on any atom is -0.497 e.